The molecule has 5 nitrogen and oxygen atoms in total. The number of carbonyl (C=O) groups is 2. The fourth-order valence-corrected chi connectivity index (χ4v) is 5.63. The van der Waals surface area contributed by atoms with Gasteiger partial charge in [0.1, 0.15) is 11.6 Å². The zero-order valence-electron chi connectivity index (χ0n) is 18.7. The predicted molar refractivity (Wildman–Crippen MR) is 122 cm³/mol. The van der Waals surface area contributed by atoms with Crippen molar-refractivity contribution in [2.24, 2.45) is 0 Å². The summed E-state index contributed by atoms with van der Waals surface area (Å²) < 4.78 is 27.6. The maximum Gasteiger partial charge on any atom is 0.229 e. The minimum absolute atomic E-state index is 0.0439. The SMILES string of the molecule is O=C1CCCC(=O)N1CCCCN1CC[C@@H]2[C@@H](C1)c1cc(F)ccc1N2c1ccc(F)cc1. The lowest BCUT2D eigenvalue weighted by Crippen LogP contribution is -2.45. The third kappa shape index (κ3) is 4.38. The third-order valence-electron chi connectivity index (χ3n) is 7.23. The molecule has 2 atom stereocenters. The number of rotatable bonds is 6. The molecule has 2 fully saturated rings. The second kappa shape index (κ2) is 9.21. The molecule has 0 N–H and O–H groups in total. The Labute approximate surface area is 193 Å². The topological polar surface area (TPSA) is 43.9 Å². The number of likely N-dealkylation sites (tertiary alicyclic amines) is 2. The van der Waals surface area contributed by atoms with Gasteiger partial charge in [-0.2, -0.15) is 0 Å². The van der Waals surface area contributed by atoms with Crippen LogP contribution in [0.25, 0.3) is 0 Å². The average Bonchev–Trinajstić information content (AvgIpc) is 3.12. The summed E-state index contributed by atoms with van der Waals surface area (Å²) in [5.74, 6) is -0.409. The molecule has 2 aromatic carbocycles. The first-order chi connectivity index (χ1) is 16.0. The Morgan fingerprint density at radius 2 is 1.58 bits per heavy atom. The number of fused-ring (bicyclic) bond motifs is 3. The highest BCUT2D eigenvalue weighted by Crippen LogP contribution is 2.48. The van der Waals surface area contributed by atoms with Gasteiger partial charge >= 0.3 is 0 Å². The van der Waals surface area contributed by atoms with Crippen molar-refractivity contribution in [3.05, 3.63) is 59.7 Å². The molecular weight excluding hydrogens is 424 g/mol. The minimum atomic E-state index is -0.267. The highest BCUT2D eigenvalue weighted by molar-refractivity contribution is 5.97. The Morgan fingerprint density at radius 3 is 2.33 bits per heavy atom. The van der Waals surface area contributed by atoms with Crippen molar-refractivity contribution in [2.75, 3.05) is 31.1 Å². The van der Waals surface area contributed by atoms with Crippen LogP contribution >= 0.6 is 0 Å². The molecule has 2 amide bonds. The van der Waals surface area contributed by atoms with E-state index < -0.39 is 0 Å². The van der Waals surface area contributed by atoms with Gasteiger partial charge in [0, 0.05) is 55.8 Å². The molecule has 33 heavy (non-hydrogen) atoms. The Balaban J connectivity index is 1.24. The van der Waals surface area contributed by atoms with E-state index in [9.17, 15) is 18.4 Å². The molecule has 0 unspecified atom stereocenters. The van der Waals surface area contributed by atoms with Crippen LogP contribution in [0.3, 0.4) is 0 Å². The first-order valence-electron chi connectivity index (χ1n) is 11.9. The first kappa shape index (κ1) is 22.0. The Kier molecular flexibility index (Phi) is 6.15. The average molecular weight is 454 g/mol. The molecule has 174 valence electrons. The summed E-state index contributed by atoms with van der Waals surface area (Å²) >= 11 is 0. The molecule has 2 aromatic rings. The fraction of sp³-hybridized carbons (Fsp3) is 0.462. The lowest BCUT2D eigenvalue weighted by Gasteiger charge is -2.39. The summed E-state index contributed by atoms with van der Waals surface area (Å²) in [7, 11) is 0. The van der Waals surface area contributed by atoms with Gasteiger partial charge in [-0.3, -0.25) is 14.5 Å². The van der Waals surface area contributed by atoms with E-state index in [1.54, 1.807) is 18.2 Å². The van der Waals surface area contributed by atoms with Gasteiger partial charge in [-0.15, -0.1) is 0 Å². The first-order valence-corrected chi connectivity index (χ1v) is 11.9. The van der Waals surface area contributed by atoms with Gasteiger partial charge in [0.05, 0.1) is 0 Å². The number of piperidine rings is 2. The van der Waals surface area contributed by atoms with Gasteiger partial charge in [0.2, 0.25) is 11.8 Å². The van der Waals surface area contributed by atoms with Gasteiger partial charge in [-0.05, 0) is 80.3 Å². The lowest BCUT2D eigenvalue weighted by atomic mass is 9.89. The van der Waals surface area contributed by atoms with Crippen molar-refractivity contribution in [3.8, 4) is 0 Å². The van der Waals surface area contributed by atoms with Crippen molar-refractivity contribution >= 4 is 23.2 Å². The van der Waals surface area contributed by atoms with Crippen LogP contribution in [0, 0.1) is 11.6 Å². The van der Waals surface area contributed by atoms with E-state index >= 15 is 0 Å². The summed E-state index contributed by atoms with van der Waals surface area (Å²) in [4.78, 5) is 30.0. The molecule has 3 aliphatic rings. The number of anilines is 2. The predicted octanol–water partition coefficient (Wildman–Crippen LogP) is 4.59. The number of halogens is 2. The Hall–Kier alpha value is -2.80. The highest BCUT2D eigenvalue weighted by Gasteiger charge is 2.42. The quantitative estimate of drug-likeness (QED) is 0.474. The Morgan fingerprint density at radius 1 is 0.879 bits per heavy atom. The molecule has 3 heterocycles. The van der Waals surface area contributed by atoms with Crippen molar-refractivity contribution in [3.63, 3.8) is 0 Å². The smallest absolute Gasteiger partial charge is 0.229 e. The van der Waals surface area contributed by atoms with Crippen LogP contribution in [0.4, 0.5) is 20.2 Å². The van der Waals surface area contributed by atoms with Gasteiger partial charge in [-0.1, -0.05) is 0 Å². The number of hydrogen-bond acceptors (Lipinski definition) is 4. The van der Waals surface area contributed by atoms with Crippen LogP contribution in [0.5, 0.6) is 0 Å². The van der Waals surface area contributed by atoms with E-state index in [0.717, 1.165) is 55.8 Å². The molecule has 0 aromatic heterocycles. The molecule has 3 aliphatic heterocycles. The third-order valence-corrected chi connectivity index (χ3v) is 7.23. The van der Waals surface area contributed by atoms with Crippen LogP contribution < -0.4 is 4.90 Å². The van der Waals surface area contributed by atoms with Crippen molar-refractivity contribution < 1.29 is 18.4 Å². The van der Waals surface area contributed by atoms with Crippen molar-refractivity contribution in [1.82, 2.24) is 9.80 Å². The van der Waals surface area contributed by atoms with Crippen LogP contribution in [0.15, 0.2) is 42.5 Å². The van der Waals surface area contributed by atoms with E-state index in [-0.39, 0.29) is 35.4 Å². The molecule has 7 heteroatoms. The van der Waals surface area contributed by atoms with E-state index in [1.165, 1.54) is 23.1 Å². The maximum absolute atomic E-state index is 14.1. The van der Waals surface area contributed by atoms with Crippen LogP contribution in [-0.2, 0) is 9.59 Å². The normalized spacial score (nSPS) is 23.1. The monoisotopic (exact) mass is 453 g/mol. The molecule has 5 rings (SSSR count). The van der Waals surface area contributed by atoms with Gasteiger partial charge in [-0.25, -0.2) is 8.78 Å². The Bertz CT molecular complexity index is 1030. The maximum atomic E-state index is 14.1. The summed E-state index contributed by atoms with van der Waals surface area (Å²) in [5, 5.41) is 0. The second-order valence-electron chi connectivity index (χ2n) is 9.31. The number of unbranched alkanes of at least 4 members (excludes halogenated alkanes) is 1. The lowest BCUT2D eigenvalue weighted by molar-refractivity contribution is -0.148. The second-order valence-corrected chi connectivity index (χ2v) is 9.31. The van der Waals surface area contributed by atoms with Crippen molar-refractivity contribution in [1.29, 1.82) is 0 Å². The van der Waals surface area contributed by atoms with Gasteiger partial charge < -0.3 is 9.80 Å². The summed E-state index contributed by atoms with van der Waals surface area (Å²) in [6, 6.07) is 11.7. The minimum Gasteiger partial charge on any atom is -0.337 e. The zero-order chi connectivity index (χ0) is 22.9. The molecule has 0 radical (unpaired) electrons. The molecular formula is C26H29F2N3O2. The largest absolute Gasteiger partial charge is 0.337 e. The molecule has 0 spiro atoms. The zero-order valence-corrected chi connectivity index (χ0v) is 18.7. The summed E-state index contributed by atoms with van der Waals surface area (Å²) in [6.45, 7) is 3.15. The number of amides is 2. The molecule has 0 aliphatic carbocycles. The van der Waals surface area contributed by atoms with E-state index in [4.69, 9.17) is 0 Å². The van der Waals surface area contributed by atoms with Crippen molar-refractivity contribution in [2.45, 2.75) is 50.5 Å². The number of benzene rings is 2. The van der Waals surface area contributed by atoms with Gasteiger partial charge in [0.15, 0.2) is 0 Å². The van der Waals surface area contributed by atoms with E-state index in [2.05, 4.69) is 9.80 Å². The molecule has 0 saturated carbocycles. The highest BCUT2D eigenvalue weighted by atomic mass is 19.1. The number of hydrogen-bond donors (Lipinski definition) is 0. The van der Waals surface area contributed by atoms with Crippen LogP contribution in [-0.4, -0.2) is 53.8 Å². The number of imide groups is 1. The van der Waals surface area contributed by atoms with E-state index in [0.29, 0.717) is 25.8 Å². The molecule has 0 bridgehead atoms. The standard InChI is InChI=1S/C26H29F2N3O2/c27-18-6-9-20(10-7-18)31-23-11-8-19(28)16-21(23)22-17-29(15-12-24(22)31)13-1-2-14-30-25(32)4-3-5-26(30)33/h6-11,16,22,24H,1-5,12-15,17H2/t22-,24+/m0/s1. The number of carbonyl (C=O) groups excluding carboxylic acids is 2. The summed E-state index contributed by atoms with van der Waals surface area (Å²) in [6.07, 6.45) is 4.26. The van der Waals surface area contributed by atoms with E-state index in [1.807, 2.05) is 6.07 Å². The fourth-order valence-electron chi connectivity index (χ4n) is 5.63. The van der Waals surface area contributed by atoms with Crippen LogP contribution in [0.1, 0.15) is 50.0 Å². The van der Waals surface area contributed by atoms with Crippen LogP contribution in [0.2, 0.25) is 0 Å². The number of nitrogens with zero attached hydrogens (tertiary/aromatic N) is 3. The molecule has 2 saturated heterocycles. The van der Waals surface area contributed by atoms with Gasteiger partial charge in [0.25, 0.3) is 0 Å². The summed E-state index contributed by atoms with van der Waals surface area (Å²) in [5.41, 5.74) is 2.95.